The summed E-state index contributed by atoms with van der Waals surface area (Å²) in [7, 11) is 0. The maximum Gasteiger partial charge on any atom is 0.354 e. The highest BCUT2D eigenvalue weighted by Crippen LogP contribution is 2.04. The zero-order chi connectivity index (χ0) is 9.84. The Morgan fingerprint density at radius 1 is 1.62 bits per heavy atom. The second-order valence-corrected chi connectivity index (χ2v) is 2.70. The van der Waals surface area contributed by atoms with Crippen LogP contribution >= 0.6 is 0 Å². The number of hydrogen-bond acceptors (Lipinski definition) is 4. The predicted molar refractivity (Wildman–Crippen MR) is 44.8 cm³/mol. The van der Waals surface area contributed by atoms with Gasteiger partial charge in [-0.1, -0.05) is 0 Å². The lowest BCUT2D eigenvalue weighted by atomic mass is 10.4. The smallest absolute Gasteiger partial charge is 0.354 e. The monoisotopic (exact) mass is 182 g/mol. The molecule has 13 heavy (non-hydrogen) atoms. The molecule has 0 aliphatic carbocycles. The molecule has 0 saturated heterocycles. The molecule has 0 amide bonds. The van der Waals surface area contributed by atoms with Crippen molar-refractivity contribution in [2.45, 2.75) is 20.0 Å². The van der Waals surface area contributed by atoms with Crippen LogP contribution in [0.15, 0.2) is 12.3 Å². The van der Waals surface area contributed by atoms with E-state index in [0.717, 1.165) is 0 Å². The van der Waals surface area contributed by atoms with Crippen molar-refractivity contribution in [1.29, 1.82) is 0 Å². The molecule has 1 aromatic rings. The van der Waals surface area contributed by atoms with Gasteiger partial charge in [0, 0.05) is 6.20 Å². The molecule has 0 aliphatic heterocycles. The van der Waals surface area contributed by atoms with Crippen molar-refractivity contribution in [3.63, 3.8) is 0 Å². The van der Waals surface area contributed by atoms with Crippen LogP contribution in [-0.4, -0.2) is 27.1 Å². The molecule has 5 nitrogen and oxygen atoms in total. The molecule has 1 heterocycles. The van der Waals surface area contributed by atoms with Gasteiger partial charge in [0.05, 0.1) is 6.10 Å². The lowest BCUT2D eigenvalue weighted by Gasteiger charge is -2.06. The van der Waals surface area contributed by atoms with Crippen LogP contribution in [0.2, 0.25) is 0 Å². The third-order valence-corrected chi connectivity index (χ3v) is 1.19. The number of carbonyl (C=O) groups is 1. The van der Waals surface area contributed by atoms with E-state index in [2.05, 4.69) is 9.97 Å². The van der Waals surface area contributed by atoms with Gasteiger partial charge in [-0.25, -0.2) is 9.78 Å². The first-order valence-electron chi connectivity index (χ1n) is 3.82. The molecule has 0 aliphatic rings. The van der Waals surface area contributed by atoms with Crippen molar-refractivity contribution < 1.29 is 14.6 Å². The van der Waals surface area contributed by atoms with Crippen LogP contribution in [0.3, 0.4) is 0 Å². The molecule has 70 valence electrons. The van der Waals surface area contributed by atoms with Gasteiger partial charge < -0.3 is 9.84 Å². The fraction of sp³-hybridized carbons (Fsp3) is 0.375. The maximum absolute atomic E-state index is 10.5. The Kier molecular flexibility index (Phi) is 2.79. The van der Waals surface area contributed by atoms with Crippen LogP contribution in [0.1, 0.15) is 24.3 Å². The summed E-state index contributed by atoms with van der Waals surface area (Å²) >= 11 is 0. The van der Waals surface area contributed by atoms with Gasteiger partial charge >= 0.3 is 12.0 Å². The van der Waals surface area contributed by atoms with Gasteiger partial charge in [0.15, 0.2) is 5.69 Å². The summed E-state index contributed by atoms with van der Waals surface area (Å²) in [5.74, 6) is -1.09. The van der Waals surface area contributed by atoms with Crippen molar-refractivity contribution in [2.75, 3.05) is 0 Å². The first-order valence-corrected chi connectivity index (χ1v) is 3.82. The molecule has 1 N–H and O–H groups in total. The second kappa shape index (κ2) is 3.84. The van der Waals surface area contributed by atoms with Gasteiger partial charge in [0.2, 0.25) is 0 Å². The van der Waals surface area contributed by atoms with E-state index < -0.39 is 5.97 Å². The lowest BCUT2D eigenvalue weighted by Crippen LogP contribution is -2.10. The number of aromatic nitrogens is 2. The van der Waals surface area contributed by atoms with E-state index in [9.17, 15) is 4.79 Å². The average Bonchev–Trinajstić information content (AvgIpc) is 2.03. The first kappa shape index (κ1) is 9.44. The van der Waals surface area contributed by atoms with Crippen LogP contribution in [0.25, 0.3) is 0 Å². The molecular weight excluding hydrogens is 172 g/mol. The van der Waals surface area contributed by atoms with E-state index in [0.29, 0.717) is 0 Å². The van der Waals surface area contributed by atoms with Crippen LogP contribution in [0, 0.1) is 0 Å². The Morgan fingerprint density at radius 3 is 2.85 bits per heavy atom. The lowest BCUT2D eigenvalue weighted by molar-refractivity contribution is 0.0688. The Bertz CT molecular complexity index is 312. The van der Waals surface area contributed by atoms with E-state index in [1.165, 1.54) is 12.3 Å². The van der Waals surface area contributed by atoms with Crippen molar-refractivity contribution in [1.82, 2.24) is 9.97 Å². The van der Waals surface area contributed by atoms with Gasteiger partial charge in [-0.2, -0.15) is 4.98 Å². The second-order valence-electron chi connectivity index (χ2n) is 2.70. The third-order valence-electron chi connectivity index (χ3n) is 1.19. The van der Waals surface area contributed by atoms with Gasteiger partial charge in [0.1, 0.15) is 0 Å². The quantitative estimate of drug-likeness (QED) is 0.753. The Labute approximate surface area is 75.4 Å². The number of nitrogens with zero attached hydrogens (tertiary/aromatic N) is 2. The van der Waals surface area contributed by atoms with Gasteiger partial charge in [0.25, 0.3) is 0 Å². The summed E-state index contributed by atoms with van der Waals surface area (Å²) in [4.78, 5) is 17.9. The van der Waals surface area contributed by atoms with Crippen molar-refractivity contribution >= 4 is 5.97 Å². The fourth-order valence-corrected chi connectivity index (χ4v) is 0.728. The summed E-state index contributed by atoms with van der Waals surface area (Å²) in [6.07, 6.45) is 1.29. The molecule has 5 heteroatoms. The van der Waals surface area contributed by atoms with E-state index in [4.69, 9.17) is 9.84 Å². The zero-order valence-electron chi connectivity index (χ0n) is 7.39. The third kappa shape index (κ3) is 2.70. The normalized spacial score (nSPS) is 10.1. The molecule has 0 fully saturated rings. The molecular formula is C8H10N2O3. The number of rotatable bonds is 3. The summed E-state index contributed by atoms with van der Waals surface area (Å²) in [5, 5.41) is 8.60. The Morgan fingerprint density at radius 2 is 2.31 bits per heavy atom. The van der Waals surface area contributed by atoms with E-state index in [1.54, 1.807) is 0 Å². The number of carboxylic acid groups (broad SMARTS) is 1. The van der Waals surface area contributed by atoms with Crippen LogP contribution in [0.5, 0.6) is 6.01 Å². The van der Waals surface area contributed by atoms with Gasteiger partial charge in [-0.05, 0) is 19.9 Å². The van der Waals surface area contributed by atoms with Crippen LogP contribution < -0.4 is 4.74 Å². The molecule has 0 radical (unpaired) electrons. The number of hydrogen-bond donors (Lipinski definition) is 1. The average molecular weight is 182 g/mol. The molecule has 1 aromatic heterocycles. The number of aromatic carboxylic acids is 1. The topological polar surface area (TPSA) is 72.3 Å². The molecule has 1 rings (SSSR count). The first-order chi connectivity index (χ1) is 6.09. The van der Waals surface area contributed by atoms with Gasteiger partial charge in [-0.3, -0.25) is 0 Å². The van der Waals surface area contributed by atoms with E-state index in [-0.39, 0.29) is 17.8 Å². The fourth-order valence-electron chi connectivity index (χ4n) is 0.728. The molecule has 0 spiro atoms. The highest BCUT2D eigenvalue weighted by Gasteiger charge is 2.07. The summed E-state index contributed by atoms with van der Waals surface area (Å²) in [6.45, 7) is 3.63. The number of ether oxygens (including phenoxy) is 1. The largest absolute Gasteiger partial charge is 0.477 e. The minimum absolute atomic E-state index is 0.0642. The highest BCUT2D eigenvalue weighted by molar-refractivity contribution is 5.85. The summed E-state index contributed by atoms with van der Waals surface area (Å²) in [6, 6.07) is 1.41. The minimum Gasteiger partial charge on any atom is -0.477 e. The summed E-state index contributed by atoms with van der Waals surface area (Å²) in [5.41, 5.74) is -0.0642. The molecule has 0 unspecified atom stereocenters. The zero-order valence-corrected chi connectivity index (χ0v) is 7.39. The van der Waals surface area contributed by atoms with Crippen molar-refractivity contribution in [2.24, 2.45) is 0 Å². The Hall–Kier alpha value is -1.65. The van der Waals surface area contributed by atoms with Crippen molar-refractivity contribution in [3.8, 4) is 6.01 Å². The maximum atomic E-state index is 10.5. The predicted octanol–water partition coefficient (Wildman–Crippen LogP) is 0.962. The molecule has 0 bridgehead atoms. The van der Waals surface area contributed by atoms with Crippen LogP contribution in [0.4, 0.5) is 0 Å². The minimum atomic E-state index is -1.09. The highest BCUT2D eigenvalue weighted by atomic mass is 16.5. The Balaban J connectivity index is 2.85. The number of carboxylic acids is 1. The van der Waals surface area contributed by atoms with Crippen molar-refractivity contribution in [3.05, 3.63) is 18.0 Å². The van der Waals surface area contributed by atoms with E-state index in [1.807, 2.05) is 13.8 Å². The van der Waals surface area contributed by atoms with E-state index >= 15 is 0 Å². The molecule has 0 saturated carbocycles. The molecule has 0 atom stereocenters. The standard InChI is InChI=1S/C8H10N2O3/c1-5(2)13-8-9-4-3-6(10-8)7(11)12/h3-5H,1-2H3,(H,11,12). The summed E-state index contributed by atoms with van der Waals surface area (Å²) < 4.78 is 5.12. The SMILES string of the molecule is CC(C)Oc1nccc(C(=O)O)n1. The molecule has 0 aromatic carbocycles. The van der Waals surface area contributed by atoms with Crippen LogP contribution in [-0.2, 0) is 0 Å². The van der Waals surface area contributed by atoms with Gasteiger partial charge in [-0.15, -0.1) is 0 Å².